The van der Waals surface area contributed by atoms with Gasteiger partial charge in [0, 0.05) is 13.1 Å². The van der Waals surface area contributed by atoms with Crippen LogP contribution in [0.1, 0.15) is 47.1 Å². The van der Waals surface area contributed by atoms with Crippen LogP contribution in [0.3, 0.4) is 0 Å². The zero-order valence-corrected chi connectivity index (χ0v) is 24.7. The predicted octanol–water partition coefficient (Wildman–Crippen LogP) is 4.11. The highest BCUT2D eigenvalue weighted by atomic mass is 16.7. The maximum atomic E-state index is 13.3. The SMILES string of the molecule is COc1ccc(C[C@@H]2[C@H](OC(=O)NCCNc3ccn[nH]3)[C@@H](OC(=O)OC(C)(C)C)CN2C(=O)OC(C)(C)C)cc1. The summed E-state index contributed by atoms with van der Waals surface area (Å²) in [6.07, 6.45) is -2.42. The molecule has 0 radical (unpaired) electrons. The molecule has 1 saturated heterocycles. The Morgan fingerprint density at radius 1 is 0.976 bits per heavy atom. The van der Waals surface area contributed by atoms with Crippen molar-refractivity contribution in [1.82, 2.24) is 20.4 Å². The summed E-state index contributed by atoms with van der Waals surface area (Å²) in [6.45, 7) is 11.0. The minimum absolute atomic E-state index is 0.0612. The number of nitrogens with one attached hydrogen (secondary N) is 3. The summed E-state index contributed by atoms with van der Waals surface area (Å²) in [7, 11) is 1.57. The molecule has 0 unspecified atom stereocenters. The molecule has 226 valence electrons. The van der Waals surface area contributed by atoms with E-state index >= 15 is 0 Å². The number of methoxy groups -OCH3 is 1. The van der Waals surface area contributed by atoms with Crippen molar-refractivity contribution in [3.8, 4) is 5.75 Å². The summed E-state index contributed by atoms with van der Waals surface area (Å²) >= 11 is 0. The third-order valence-corrected chi connectivity index (χ3v) is 5.85. The van der Waals surface area contributed by atoms with E-state index < -0.39 is 47.8 Å². The van der Waals surface area contributed by atoms with Crippen LogP contribution in [-0.2, 0) is 25.4 Å². The van der Waals surface area contributed by atoms with Crippen LogP contribution >= 0.6 is 0 Å². The van der Waals surface area contributed by atoms with Gasteiger partial charge in [0.2, 0.25) is 0 Å². The van der Waals surface area contributed by atoms with Crippen molar-refractivity contribution in [2.45, 2.75) is 77.4 Å². The van der Waals surface area contributed by atoms with Crippen LogP contribution in [0.15, 0.2) is 36.5 Å². The fourth-order valence-corrected chi connectivity index (χ4v) is 4.16. The average Bonchev–Trinajstić information content (AvgIpc) is 3.49. The van der Waals surface area contributed by atoms with Gasteiger partial charge >= 0.3 is 18.3 Å². The smallest absolute Gasteiger partial charge is 0.497 e. The largest absolute Gasteiger partial charge is 0.509 e. The molecule has 3 atom stereocenters. The van der Waals surface area contributed by atoms with Gasteiger partial charge in [-0.3, -0.25) is 10.00 Å². The fraction of sp³-hybridized carbons (Fsp3) is 0.571. The van der Waals surface area contributed by atoms with Gasteiger partial charge in [0.05, 0.1) is 25.9 Å². The Balaban J connectivity index is 1.82. The standard InChI is InChI=1S/C28H41N5O8/c1-27(2,3)40-25(35)33-17-21(38-26(36)41-28(4,5)6)23(20(33)16-18-8-10-19(37-7)11-9-18)39-24(34)30-15-14-29-22-12-13-31-32-22/h8-13,20-21,23H,14-17H2,1-7H3,(H,30,34)(H2,29,31,32)/t20-,21+,23+/m1/s1. The summed E-state index contributed by atoms with van der Waals surface area (Å²) in [6, 6.07) is 8.35. The lowest BCUT2D eigenvalue weighted by atomic mass is 10.0. The number of hydrogen-bond donors (Lipinski definition) is 3. The van der Waals surface area contributed by atoms with Gasteiger partial charge in [-0.25, -0.2) is 14.4 Å². The van der Waals surface area contributed by atoms with Crippen LogP contribution in [0, 0.1) is 0 Å². The molecule has 1 aromatic carbocycles. The first kappa shape index (κ1) is 31.4. The number of carbonyl (C=O) groups excluding carboxylic acids is 3. The molecule has 1 aliphatic rings. The Kier molecular flexibility index (Phi) is 10.3. The van der Waals surface area contributed by atoms with E-state index in [1.54, 1.807) is 73.0 Å². The second-order valence-electron chi connectivity index (χ2n) is 11.6. The molecule has 1 aromatic heterocycles. The molecule has 2 amide bonds. The molecule has 41 heavy (non-hydrogen) atoms. The van der Waals surface area contributed by atoms with Crippen molar-refractivity contribution in [3.63, 3.8) is 0 Å². The van der Waals surface area contributed by atoms with Crippen LogP contribution in [0.2, 0.25) is 0 Å². The lowest BCUT2D eigenvalue weighted by molar-refractivity contribution is -0.0517. The van der Waals surface area contributed by atoms with E-state index in [4.69, 9.17) is 23.7 Å². The number of aromatic nitrogens is 2. The molecule has 0 saturated carbocycles. The number of hydrogen-bond acceptors (Lipinski definition) is 10. The maximum Gasteiger partial charge on any atom is 0.509 e. The molecular formula is C28H41N5O8. The van der Waals surface area contributed by atoms with Gasteiger partial charge in [0.15, 0.2) is 12.2 Å². The zero-order valence-electron chi connectivity index (χ0n) is 24.7. The second-order valence-corrected chi connectivity index (χ2v) is 11.6. The van der Waals surface area contributed by atoms with Crippen molar-refractivity contribution in [2.75, 3.05) is 32.1 Å². The lowest BCUT2D eigenvalue weighted by Gasteiger charge is -2.30. The number of ether oxygens (including phenoxy) is 5. The number of benzene rings is 1. The van der Waals surface area contributed by atoms with Crippen LogP contribution in [-0.4, -0.2) is 89.6 Å². The molecule has 1 fully saturated rings. The Bertz CT molecular complexity index is 1140. The lowest BCUT2D eigenvalue weighted by Crippen LogP contribution is -2.46. The molecule has 2 aromatic rings. The van der Waals surface area contributed by atoms with Crippen molar-refractivity contribution in [1.29, 1.82) is 0 Å². The van der Waals surface area contributed by atoms with E-state index in [-0.39, 0.29) is 19.5 Å². The number of aromatic amines is 1. The highest BCUT2D eigenvalue weighted by molar-refractivity contribution is 5.71. The first-order chi connectivity index (χ1) is 19.2. The number of carbonyl (C=O) groups is 3. The minimum Gasteiger partial charge on any atom is -0.497 e. The van der Waals surface area contributed by atoms with Gasteiger partial charge in [-0.15, -0.1) is 0 Å². The summed E-state index contributed by atoms with van der Waals surface area (Å²) < 4.78 is 27.7. The molecular weight excluding hydrogens is 534 g/mol. The van der Waals surface area contributed by atoms with Gasteiger partial charge in [-0.2, -0.15) is 5.10 Å². The predicted molar refractivity (Wildman–Crippen MR) is 150 cm³/mol. The summed E-state index contributed by atoms with van der Waals surface area (Å²) in [5, 5.41) is 12.4. The highest BCUT2D eigenvalue weighted by Gasteiger charge is 2.50. The molecule has 0 spiro atoms. The van der Waals surface area contributed by atoms with E-state index in [1.165, 1.54) is 4.90 Å². The van der Waals surface area contributed by atoms with Gasteiger partial charge in [-0.1, -0.05) is 12.1 Å². The highest BCUT2D eigenvalue weighted by Crippen LogP contribution is 2.30. The summed E-state index contributed by atoms with van der Waals surface area (Å²) in [5.41, 5.74) is -0.736. The first-order valence-corrected chi connectivity index (χ1v) is 13.4. The van der Waals surface area contributed by atoms with Crippen LogP contribution in [0.4, 0.5) is 20.2 Å². The molecule has 13 heteroatoms. The van der Waals surface area contributed by atoms with Gasteiger partial charge < -0.3 is 34.3 Å². The molecule has 1 aliphatic heterocycles. The molecule has 2 heterocycles. The number of H-pyrrole nitrogens is 1. The van der Waals surface area contributed by atoms with E-state index in [9.17, 15) is 14.4 Å². The van der Waals surface area contributed by atoms with Gasteiger partial charge in [-0.05, 0) is 71.7 Å². The van der Waals surface area contributed by atoms with E-state index in [0.29, 0.717) is 18.1 Å². The number of anilines is 1. The van der Waals surface area contributed by atoms with Crippen molar-refractivity contribution in [3.05, 3.63) is 42.1 Å². The number of amides is 2. The zero-order chi connectivity index (χ0) is 30.2. The van der Waals surface area contributed by atoms with Crippen molar-refractivity contribution < 1.29 is 38.1 Å². The first-order valence-electron chi connectivity index (χ1n) is 13.4. The number of alkyl carbamates (subject to hydrolysis) is 1. The quantitative estimate of drug-likeness (QED) is 0.226. The Morgan fingerprint density at radius 2 is 1.66 bits per heavy atom. The molecule has 3 N–H and O–H groups in total. The number of likely N-dealkylation sites (tertiary alicyclic amines) is 1. The van der Waals surface area contributed by atoms with Crippen molar-refractivity contribution in [2.24, 2.45) is 0 Å². The van der Waals surface area contributed by atoms with Crippen molar-refractivity contribution >= 4 is 24.2 Å². The van der Waals surface area contributed by atoms with E-state index in [2.05, 4.69) is 20.8 Å². The fourth-order valence-electron chi connectivity index (χ4n) is 4.16. The molecule has 0 aliphatic carbocycles. The minimum atomic E-state index is -1.02. The topological polar surface area (TPSA) is 153 Å². The Labute approximate surface area is 240 Å². The van der Waals surface area contributed by atoms with Crippen LogP contribution < -0.4 is 15.4 Å². The molecule has 0 bridgehead atoms. The second kappa shape index (κ2) is 13.5. The normalized spacial score (nSPS) is 18.8. The van der Waals surface area contributed by atoms with Gasteiger partial charge in [0.1, 0.15) is 22.8 Å². The van der Waals surface area contributed by atoms with E-state index in [1.807, 2.05) is 12.1 Å². The Morgan fingerprint density at radius 3 is 2.24 bits per heavy atom. The van der Waals surface area contributed by atoms with Crippen LogP contribution in [0.5, 0.6) is 5.75 Å². The average molecular weight is 576 g/mol. The molecule has 3 rings (SSSR count). The van der Waals surface area contributed by atoms with Crippen LogP contribution in [0.25, 0.3) is 0 Å². The van der Waals surface area contributed by atoms with E-state index in [0.717, 1.165) is 5.56 Å². The number of nitrogens with zero attached hydrogens (tertiary/aromatic N) is 2. The third-order valence-electron chi connectivity index (χ3n) is 5.85. The Hall–Kier alpha value is -4.16. The van der Waals surface area contributed by atoms with Gasteiger partial charge in [0.25, 0.3) is 0 Å². The maximum absolute atomic E-state index is 13.3. The summed E-state index contributed by atoms with van der Waals surface area (Å²) in [4.78, 5) is 40.3. The summed E-state index contributed by atoms with van der Waals surface area (Å²) in [5.74, 6) is 1.38. The monoisotopic (exact) mass is 575 g/mol. The number of rotatable bonds is 9. The third kappa shape index (κ3) is 10.1. The molecule has 13 nitrogen and oxygen atoms in total.